The van der Waals surface area contributed by atoms with Gasteiger partial charge in [-0.05, 0) is 50.8 Å². The molecule has 0 bridgehead atoms. The van der Waals surface area contributed by atoms with E-state index in [0.717, 1.165) is 51.1 Å². The molecule has 0 saturated carbocycles. The Morgan fingerprint density at radius 1 is 0.542 bits per heavy atom. The molecule has 232 valence electrons. The summed E-state index contributed by atoms with van der Waals surface area (Å²) in [6.45, 7) is 9.58. The van der Waals surface area contributed by atoms with E-state index < -0.39 is 8.07 Å². The van der Waals surface area contributed by atoms with Gasteiger partial charge >= 0.3 is 0 Å². The van der Waals surface area contributed by atoms with E-state index in [1.165, 1.54) is 32.6 Å². The first-order valence-corrected chi connectivity index (χ1v) is 19.6. The number of para-hydroxylation sites is 2. The van der Waals surface area contributed by atoms with Gasteiger partial charge in [0.1, 0.15) is 19.6 Å². The normalized spacial score (nSPS) is 14.8. The molecule has 48 heavy (non-hydrogen) atoms. The smallest absolute Gasteiger partial charge is 0.168 e. The first-order chi connectivity index (χ1) is 23.3. The molecule has 0 unspecified atom stereocenters. The van der Waals surface area contributed by atoms with E-state index in [1.54, 1.807) is 0 Å². The van der Waals surface area contributed by atoms with E-state index in [9.17, 15) is 0 Å². The predicted octanol–water partition coefficient (Wildman–Crippen LogP) is 9.50. The first-order valence-electron chi connectivity index (χ1n) is 16.6. The molecule has 0 spiro atoms. The van der Waals surface area contributed by atoms with Crippen LogP contribution in [0.25, 0.3) is 50.7 Å². The number of fused-ring (bicyclic) bond motifs is 6. The second-order valence-electron chi connectivity index (χ2n) is 13.9. The highest BCUT2D eigenvalue weighted by Gasteiger charge is 2.44. The van der Waals surface area contributed by atoms with Crippen LogP contribution in [0.4, 0.5) is 0 Å². The molecule has 4 nitrogen and oxygen atoms in total. The summed E-state index contributed by atoms with van der Waals surface area (Å²) >= 11 is 0. The molecule has 2 heterocycles. The third-order valence-corrected chi connectivity index (χ3v) is 13.9. The molecule has 0 atom stereocenters. The quantitative estimate of drug-likeness (QED) is 0.181. The summed E-state index contributed by atoms with van der Waals surface area (Å²) in [4.78, 5) is 0. The highest BCUT2D eigenvalue weighted by Crippen LogP contribution is 2.53. The molecule has 0 fully saturated rings. The van der Waals surface area contributed by atoms with E-state index in [4.69, 9.17) is 14.9 Å². The Hall–Kier alpha value is -5.52. The third-order valence-electron chi connectivity index (χ3n) is 10.4. The van der Waals surface area contributed by atoms with Gasteiger partial charge in [-0.1, -0.05) is 148 Å². The Labute approximate surface area is 282 Å². The molecule has 1 aliphatic carbocycles. The lowest BCUT2D eigenvalue weighted by molar-refractivity contribution is 0.489. The van der Waals surface area contributed by atoms with E-state index in [1.807, 2.05) is 24.3 Å². The van der Waals surface area contributed by atoms with E-state index in [0.29, 0.717) is 0 Å². The number of ether oxygens (including phenoxy) is 1. The summed E-state index contributed by atoms with van der Waals surface area (Å²) in [7, 11) is -2.12. The number of hydrogen-bond donors (Lipinski definition) is 0. The average Bonchev–Trinajstić information content (AvgIpc) is 3.66. The van der Waals surface area contributed by atoms with Crippen LogP contribution in [0.5, 0.6) is 11.5 Å². The van der Waals surface area contributed by atoms with E-state index in [-0.39, 0.29) is 5.41 Å². The number of hydrogen-bond acceptors (Lipinski definition) is 3. The molecule has 1 aromatic heterocycles. The Balaban J connectivity index is 1.21. The van der Waals surface area contributed by atoms with Crippen LogP contribution in [-0.4, -0.2) is 22.8 Å². The van der Waals surface area contributed by atoms with Gasteiger partial charge in [0.05, 0.1) is 0 Å². The van der Waals surface area contributed by atoms with Crippen LogP contribution < -0.4 is 15.1 Å². The maximum Gasteiger partial charge on any atom is 0.168 e. The lowest BCUT2D eigenvalue weighted by atomic mass is 9.82. The monoisotopic (exact) mass is 637 g/mol. The van der Waals surface area contributed by atoms with Gasteiger partial charge < -0.3 is 4.74 Å². The number of benzene rings is 6. The van der Waals surface area contributed by atoms with Gasteiger partial charge in [0.25, 0.3) is 0 Å². The van der Waals surface area contributed by atoms with Gasteiger partial charge in [-0.15, -0.1) is 10.2 Å². The highest BCUT2D eigenvalue weighted by molar-refractivity contribution is 7.02. The highest BCUT2D eigenvalue weighted by atomic mass is 28.3. The second kappa shape index (κ2) is 10.5. The topological polar surface area (TPSA) is 39.9 Å². The number of rotatable bonds is 4. The van der Waals surface area contributed by atoms with Crippen LogP contribution in [0.1, 0.15) is 25.0 Å². The molecular weight excluding hydrogens is 603 g/mol. The van der Waals surface area contributed by atoms with Crippen LogP contribution >= 0.6 is 0 Å². The van der Waals surface area contributed by atoms with Crippen molar-refractivity contribution in [3.8, 4) is 62.2 Å². The lowest BCUT2D eigenvalue weighted by Crippen LogP contribution is -2.56. The summed E-state index contributed by atoms with van der Waals surface area (Å²) in [5.41, 5.74) is 10.4. The first kappa shape index (κ1) is 28.7. The van der Waals surface area contributed by atoms with Crippen molar-refractivity contribution in [1.82, 2.24) is 14.8 Å². The van der Waals surface area contributed by atoms with Crippen LogP contribution in [0, 0.1) is 0 Å². The van der Waals surface area contributed by atoms with Gasteiger partial charge in [-0.2, -0.15) is 0 Å². The Bertz CT molecular complexity index is 2370. The fraction of sp³-hybridized carbons (Fsp3) is 0.116. The molecule has 6 aromatic carbocycles. The molecule has 5 heteroatoms. The zero-order chi connectivity index (χ0) is 32.6. The molecule has 2 aliphatic rings. The zero-order valence-electron chi connectivity index (χ0n) is 27.5. The van der Waals surface area contributed by atoms with Gasteiger partial charge in [0, 0.05) is 33.4 Å². The standard InChI is InChI=1S/C43H35N3OSi/c1-43(2)34-23-12-11-21-33(34)38-35(43)25-26-37-40(38)47-39-32(22-14-24-36(39)48(37,3)4)29-17-13-18-30(27-29)42-45-44-41(28-15-7-5-8-16-28)46(42)31-19-9-6-10-20-31/h5-27H,1-4H3. The van der Waals surface area contributed by atoms with Crippen molar-refractivity contribution in [2.24, 2.45) is 0 Å². The van der Waals surface area contributed by atoms with Crippen LogP contribution in [0.2, 0.25) is 13.1 Å². The Morgan fingerprint density at radius 3 is 1.94 bits per heavy atom. The average molecular weight is 638 g/mol. The van der Waals surface area contributed by atoms with E-state index >= 15 is 0 Å². The molecule has 7 aromatic rings. The maximum atomic E-state index is 7.19. The fourth-order valence-electron chi connectivity index (χ4n) is 7.87. The molecule has 0 radical (unpaired) electrons. The van der Waals surface area contributed by atoms with Crippen LogP contribution in [0.15, 0.2) is 140 Å². The second-order valence-corrected chi connectivity index (χ2v) is 18.2. The minimum Gasteiger partial charge on any atom is -0.456 e. The molecule has 1 aliphatic heterocycles. The lowest BCUT2D eigenvalue weighted by Gasteiger charge is -2.35. The summed E-state index contributed by atoms with van der Waals surface area (Å²) < 4.78 is 9.35. The van der Waals surface area contributed by atoms with Gasteiger partial charge in [-0.25, -0.2) is 0 Å². The van der Waals surface area contributed by atoms with Crippen molar-refractivity contribution in [1.29, 1.82) is 0 Å². The summed E-state index contributed by atoms with van der Waals surface area (Å²) in [6.07, 6.45) is 0. The van der Waals surface area contributed by atoms with Crippen LogP contribution in [-0.2, 0) is 5.41 Å². The summed E-state index contributed by atoms with van der Waals surface area (Å²) in [5.74, 6) is 3.62. The van der Waals surface area contributed by atoms with Gasteiger partial charge in [0.2, 0.25) is 0 Å². The zero-order valence-corrected chi connectivity index (χ0v) is 28.5. The third kappa shape index (κ3) is 4.14. The van der Waals surface area contributed by atoms with Crippen LogP contribution in [0.3, 0.4) is 0 Å². The fourth-order valence-corrected chi connectivity index (χ4v) is 10.7. The van der Waals surface area contributed by atoms with Crippen molar-refractivity contribution in [3.63, 3.8) is 0 Å². The SMILES string of the molecule is CC1(C)c2ccccc2-c2c1ccc1c2Oc2c(-c3cccc(-c4nnc(-c5ccccc5)n4-c4ccccc4)c3)cccc2[Si]1(C)C. The number of nitrogens with zero attached hydrogens (tertiary/aromatic N) is 3. The number of aromatic nitrogens is 3. The Kier molecular flexibility index (Phi) is 6.27. The largest absolute Gasteiger partial charge is 0.456 e. The van der Waals surface area contributed by atoms with Crippen molar-refractivity contribution in [3.05, 3.63) is 151 Å². The van der Waals surface area contributed by atoms with Crippen molar-refractivity contribution in [2.75, 3.05) is 0 Å². The minimum atomic E-state index is -2.12. The summed E-state index contributed by atoms with van der Waals surface area (Å²) in [5, 5.41) is 12.2. The Morgan fingerprint density at radius 2 is 1.15 bits per heavy atom. The molecule has 9 rings (SSSR count). The van der Waals surface area contributed by atoms with Gasteiger partial charge in [-0.3, -0.25) is 4.57 Å². The molecule has 0 N–H and O–H groups in total. The van der Waals surface area contributed by atoms with E-state index in [2.05, 4.69) is 147 Å². The molecule has 0 amide bonds. The molecule has 0 saturated heterocycles. The molecular formula is C43H35N3OSi. The van der Waals surface area contributed by atoms with Crippen molar-refractivity contribution >= 4 is 18.4 Å². The van der Waals surface area contributed by atoms with Crippen molar-refractivity contribution < 1.29 is 4.74 Å². The van der Waals surface area contributed by atoms with Gasteiger partial charge in [0.15, 0.2) is 11.6 Å². The van der Waals surface area contributed by atoms with Crippen molar-refractivity contribution in [2.45, 2.75) is 32.4 Å². The minimum absolute atomic E-state index is 0.0859. The predicted molar refractivity (Wildman–Crippen MR) is 198 cm³/mol. The maximum absolute atomic E-state index is 7.19. The summed E-state index contributed by atoms with van der Waals surface area (Å²) in [6, 6.07) is 49.5.